The molecule has 0 spiro atoms. The summed E-state index contributed by atoms with van der Waals surface area (Å²) in [7, 11) is 1.50. The summed E-state index contributed by atoms with van der Waals surface area (Å²) < 4.78 is 12.8. The van der Waals surface area contributed by atoms with E-state index in [1.165, 1.54) is 11.7 Å². The average molecular weight is 482 g/mol. The number of hydrogen-bond acceptors (Lipinski definition) is 6. The molecule has 0 atom stereocenters. The Morgan fingerprint density at radius 2 is 1.88 bits per heavy atom. The second-order valence-electron chi connectivity index (χ2n) is 7.17. The summed E-state index contributed by atoms with van der Waals surface area (Å²) in [4.78, 5) is 28.3. The lowest BCUT2D eigenvalue weighted by Gasteiger charge is -2.26. The third-order valence-electron chi connectivity index (χ3n) is 5.16. The van der Waals surface area contributed by atoms with Crippen molar-refractivity contribution in [2.45, 2.75) is 0 Å². The van der Waals surface area contributed by atoms with Crippen molar-refractivity contribution in [3.8, 4) is 17.5 Å². The molecule has 0 saturated carbocycles. The Morgan fingerprint density at radius 3 is 2.55 bits per heavy atom. The van der Waals surface area contributed by atoms with Gasteiger partial charge in [-0.05, 0) is 35.9 Å². The molecule has 7 nitrogen and oxygen atoms in total. The number of carbonyl (C=O) groups is 1. The largest absolute Gasteiger partial charge is 0.495 e. The van der Waals surface area contributed by atoms with Gasteiger partial charge in [0.15, 0.2) is 5.57 Å². The molecule has 33 heavy (non-hydrogen) atoms. The van der Waals surface area contributed by atoms with E-state index in [1.54, 1.807) is 59.5 Å². The molecule has 0 N–H and O–H groups in total. The Hall–Kier alpha value is -3.38. The zero-order valence-electron chi connectivity index (χ0n) is 17.8. The number of halogens is 1. The Morgan fingerprint density at radius 1 is 1.18 bits per heavy atom. The minimum absolute atomic E-state index is 0.0966. The Balaban J connectivity index is 2.02. The van der Waals surface area contributed by atoms with E-state index in [0.717, 1.165) is 16.9 Å². The molecular weight excluding hydrogens is 462 g/mol. The van der Waals surface area contributed by atoms with E-state index in [1.807, 2.05) is 6.07 Å². The fourth-order valence-electron chi connectivity index (χ4n) is 3.51. The van der Waals surface area contributed by atoms with Crippen molar-refractivity contribution in [3.63, 3.8) is 0 Å². The van der Waals surface area contributed by atoms with Crippen LogP contribution in [0.1, 0.15) is 5.56 Å². The van der Waals surface area contributed by atoms with Crippen molar-refractivity contribution in [2.24, 2.45) is 0 Å². The first-order valence-corrected chi connectivity index (χ1v) is 11.4. The summed E-state index contributed by atoms with van der Waals surface area (Å²) >= 11 is 7.07. The highest BCUT2D eigenvalue weighted by Crippen LogP contribution is 2.20. The van der Waals surface area contributed by atoms with Gasteiger partial charge in [0.05, 0.1) is 30.5 Å². The van der Waals surface area contributed by atoms with Gasteiger partial charge >= 0.3 is 0 Å². The zero-order valence-corrected chi connectivity index (χ0v) is 19.4. The zero-order chi connectivity index (χ0) is 23.4. The van der Waals surface area contributed by atoms with Gasteiger partial charge < -0.3 is 14.4 Å². The van der Waals surface area contributed by atoms with Crippen molar-refractivity contribution in [1.29, 1.82) is 5.26 Å². The topological polar surface area (TPSA) is 84.6 Å². The normalized spacial score (nSPS) is 15.2. The van der Waals surface area contributed by atoms with E-state index < -0.39 is 5.91 Å². The maximum atomic E-state index is 13.5. The summed E-state index contributed by atoms with van der Waals surface area (Å²) in [5.41, 5.74) is 0.779. The Labute approximate surface area is 199 Å². The van der Waals surface area contributed by atoms with Crippen LogP contribution < -0.4 is 19.5 Å². The number of rotatable bonds is 4. The number of nitriles is 1. The minimum atomic E-state index is -0.427. The molecule has 0 bridgehead atoms. The monoisotopic (exact) mass is 481 g/mol. The molecule has 4 rings (SSSR count). The van der Waals surface area contributed by atoms with Crippen LogP contribution in [0.25, 0.3) is 17.3 Å². The van der Waals surface area contributed by atoms with Crippen LogP contribution in [-0.4, -0.2) is 48.8 Å². The lowest BCUT2D eigenvalue weighted by molar-refractivity contribution is -0.128. The summed E-state index contributed by atoms with van der Waals surface area (Å²) in [6.07, 6.45) is 1.72. The van der Waals surface area contributed by atoms with Crippen LogP contribution in [0, 0.1) is 11.3 Å². The van der Waals surface area contributed by atoms with Gasteiger partial charge in [0, 0.05) is 18.1 Å². The van der Waals surface area contributed by atoms with E-state index in [4.69, 9.17) is 21.1 Å². The number of hydrogen-bond donors (Lipinski definition) is 0. The van der Waals surface area contributed by atoms with Crippen LogP contribution in [-0.2, 0) is 9.53 Å². The number of thiazole rings is 1. The van der Waals surface area contributed by atoms with Crippen LogP contribution >= 0.6 is 22.9 Å². The summed E-state index contributed by atoms with van der Waals surface area (Å²) in [5.74, 6) is 0.0246. The number of methoxy groups -OCH3 is 1. The van der Waals surface area contributed by atoms with Gasteiger partial charge in [-0.25, -0.2) is 0 Å². The maximum absolute atomic E-state index is 13.5. The molecule has 1 amide bonds. The number of benzene rings is 2. The van der Waals surface area contributed by atoms with Gasteiger partial charge in [0.25, 0.3) is 11.5 Å². The number of amides is 1. The summed E-state index contributed by atoms with van der Waals surface area (Å²) in [5, 5.41) is 10.6. The SMILES string of the molecule is COc1ccccc1-n1c(=O)/c(=C\c2ccc(Cl)cc2)s/c1=C(/C#N)C(=O)N1CCOCC1. The molecule has 2 aromatic carbocycles. The number of morpholine rings is 1. The number of ether oxygens (including phenoxy) is 2. The molecule has 1 fully saturated rings. The molecule has 9 heteroatoms. The standard InChI is InChI=1S/C24H20ClN3O4S/c1-31-20-5-3-2-4-19(20)28-23(30)21(14-16-6-8-17(25)9-7-16)33-24(28)18(15-26)22(29)27-10-12-32-13-11-27/h2-9,14H,10-13H2,1H3/b21-14+,24-18-. The number of para-hydroxylation sites is 2. The van der Waals surface area contributed by atoms with Crippen LogP contribution in [0.4, 0.5) is 0 Å². The molecule has 1 aliphatic rings. The van der Waals surface area contributed by atoms with Gasteiger partial charge in [0.1, 0.15) is 16.5 Å². The molecule has 2 heterocycles. The molecule has 3 aromatic rings. The predicted molar refractivity (Wildman–Crippen MR) is 127 cm³/mol. The molecule has 0 radical (unpaired) electrons. The van der Waals surface area contributed by atoms with E-state index in [-0.39, 0.29) is 15.8 Å². The predicted octanol–water partition coefficient (Wildman–Crippen LogP) is 1.92. The average Bonchev–Trinajstić information content (AvgIpc) is 3.16. The smallest absolute Gasteiger partial charge is 0.273 e. The molecule has 0 unspecified atom stereocenters. The van der Waals surface area contributed by atoms with Crippen molar-refractivity contribution in [2.75, 3.05) is 33.4 Å². The quantitative estimate of drug-likeness (QED) is 0.568. The van der Waals surface area contributed by atoms with Gasteiger partial charge in [-0.15, -0.1) is 11.3 Å². The summed E-state index contributed by atoms with van der Waals surface area (Å²) in [6.45, 7) is 1.59. The van der Waals surface area contributed by atoms with Gasteiger partial charge in [0.2, 0.25) is 0 Å². The Kier molecular flexibility index (Phi) is 6.94. The molecule has 1 aliphatic heterocycles. The second kappa shape index (κ2) is 10.0. The van der Waals surface area contributed by atoms with Crippen LogP contribution in [0.2, 0.25) is 5.02 Å². The summed E-state index contributed by atoms with van der Waals surface area (Å²) in [6, 6.07) is 16.1. The highest BCUT2D eigenvalue weighted by molar-refractivity contribution is 7.07. The fraction of sp³-hybridized carbons (Fsp3) is 0.208. The van der Waals surface area contributed by atoms with Gasteiger partial charge in [-0.2, -0.15) is 5.26 Å². The highest BCUT2D eigenvalue weighted by Gasteiger charge is 2.24. The van der Waals surface area contributed by atoms with Crippen molar-refractivity contribution in [3.05, 3.63) is 78.7 Å². The molecule has 1 aromatic heterocycles. The fourth-order valence-corrected chi connectivity index (χ4v) is 4.72. The van der Waals surface area contributed by atoms with E-state index >= 15 is 0 Å². The third kappa shape index (κ3) is 4.71. The van der Waals surface area contributed by atoms with E-state index in [0.29, 0.717) is 47.3 Å². The van der Waals surface area contributed by atoms with Crippen LogP contribution in [0.15, 0.2) is 53.3 Å². The molecule has 0 aliphatic carbocycles. The number of carbonyl (C=O) groups excluding carboxylic acids is 1. The molecular formula is C24H20ClN3O4S. The third-order valence-corrected chi connectivity index (χ3v) is 6.50. The first kappa shape index (κ1) is 22.8. The first-order valence-electron chi connectivity index (χ1n) is 10.2. The van der Waals surface area contributed by atoms with Crippen LogP contribution in [0.3, 0.4) is 0 Å². The molecule has 1 saturated heterocycles. The first-order chi connectivity index (χ1) is 16.0. The van der Waals surface area contributed by atoms with E-state index in [2.05, 4.69) is 0 Å². The van der Waals surface area contributed by atoms with Crippen molar-refractivity contribution < 1.29 is 14.3 Å². The molecule has 168 valence electrons. The number of aromatic nitrogens is 1. The number of nitrogens with zero attached hydrogens (tertiary/aromatic N) is 3. The highest BCUT2D eigenvalue weighted by atomic mass is 35.5. The van der Waals surface area contributed by atoms with Crippen molar-refractivity contribution >= 4 is 40.5 Å². The van der Waals surface area contributed by atoms with E-state index in [9.17, 15) is 14.9 Å². The van der Waals surface area contributed by atoms with Gasteiger partial charge in [-0.3, -0.25) is 14.2 Å². The maximum Gasteiger partial charge on any atom is 0.273 e. The minimum Gasteiger partial charge on any atom is -0.495 e. The lowest BCUT2D eigenvalue weighted by Crippen LogP contribution is -2.42. The second-order valence-corrected chi connectivity index (χ2v) is 8.64. The van der Waals surface area contributed by atoms with Crippen molar-refractivity contribution in [1.82, 2.24) is 9.47 Å². The van der Waals surface area contributed by atoms with Crippen LogP contribution in [0.5, 0.6) is 5.75 Å². The lowest BCUT2D eigenvalue weighted by atomic mass is 10.2. The van der Waals surface area contributed by atoms with Gasteiger partial charge in [-0.1, -0.05) is 35.9 Å². The Bertz CT molecular complexity index is 1400.